The Morgan fingerprint density at radius 3 is 2.22 bits per heavy atom. The van der Waals surface area contributed by atoms with Gasteiger partial charge in [-0.3, -0.25) is 4.79 Å². The molecule has 2 aromatic rings. The number of anilines is 1. The fraction of sp³-hybridized carbons (Fsp3) is 0.333. The quantitative estimate of drug-likeness (QED) is 0.662. The van der Waals surface area contributed by atoms with Crippen molar-refractivity contribution in [3.05, 3.63) is 54.1 Å². The summed E-state index contributed by atoms with van der Waals surface area (Å²) in [6.45, 7) is 6.20. The van der Waals surface area contributed by atoms with E-state index in [1.54, 1.807) is 32.2 Å². The molecule has 0 N–H and O–H groups in total. The lowest BCUT2D eigenvalue weighted by Crippen LogP contribution is -2.37. The number of benzene rings is 2. The molecule has 144 valence electrons. The van der Waals surface area contributed by atoms with Gasteiger partial charge < -0.3 is 19.1 Å². The molecule has 0 aliphatic rings. The maximum absolute atomic E-state index is 12.5. The van der Waals surface area contributed by atoms with Crippen LogP contribution in [0.3, 0.4) is 0 Å². The molecule has 2 aromatic carbocycles. The number of esters is 1. The van der Waals surface area contributed by atoms with Crippen LogP contribution in [0, 0.1) is 0 Å². The van der Waals surface area contributed by atoms with Crippen molar-refractivity contribution in [2.45, 2.75) is 26.9 Å². The molecule has 0 saturated heterocycles. The van der Waals surface area contributed by atoms with Gasteiger partial charge in [0.25, 0.3) is 5.91 Å². The zero-order valence-electron chi connectivity index (χ0n) is 16.1. The smallest absolute Gasteiger partial charge is 0.339 e. The van der Waals surface area contributed by atoms with E-state index >= 15 is 0 Å². The van der Waals surface area contributed by atoms with Gasteiger partial charge in [-0.15, -0.1) is 0 Å². The lowest BCUT2D eigenvalue weighted by molar-refractivity contribution is -0.126. The van der Waals surface area contributed by atoms with E-state index in [2.05, 4.69) is 0 Å². The Morgan fingerprint density at radius 2 is 1.59 bits per heavy atom. The van der Waals surface area contributed by atoms with Gasteiger partial charge in [-0.05, 0) is 51.1 Å². The zero-order valence-corrected chi connectivity index (χ0v) is 16.1. The number of nitrogens with zero attached hydrogens (tertiary/aromatic N) is 1. The van der Waals surface area contributed by atoms with E-state index in [9.17, 15) is 9.59 Å². The molecule has 0 aromatic heterocycles. The number of para-hydroxylation sites is 1. The number of hydrogen-bond acceptors (Lipinski definition) is 5. The van der Waals surface area contributed by atoms with Gasteiger partial charge in [0.1, 0.15) is 0 Å². The van der Waals surface area contributed by atoms with Crippen molar-refractivity contribution in [1.29, 1.82) is 0 Å². The molecule has 0 saturated carbocycles. The van der Waals surface area contributed by atoms with Crippen LogP contribution in [-0.2, 0) is 9.53 Å². The van der Waals surface area contributed by atoms with E-state index < -0.39 is 12.1 Å². The van der Waals surface area contributed by atoms with E-state index in [-0.39, 0.29) is 5.91 Å². The first kappa shape index (κ1) is 20.3. The molecule has 1 atom stereocenters. The number of amides is 1. The van der Waals surface area contributed by atoms with Crippen molar-refractivity contribution in [1.82, 2.24) is 0 Å². The van der Waals surface area contributed by atoms with Crippen LogP contribution in [0.1, 0.15) is 31.1 Å². The standard InChI is InChI=1S/C21H25NO5/c1-5-25-18-13-12-16(14-19(18)26-6-2)21(24)27-15(3)20(23)22(4)17-10-8-7-9-11-17/h7-15H,5-6H2,1-4H3. The summed E-state index contributed by atoms with van der Waals surface area (Å²) in [5.41, 5.74) is 1.02. The molecule has 0 aliphatic heterocycles. The van der Waals surface area contributed by atoms with Crippen molar-refractivity contribution in [3.8, 4) is 11.5 Å². The molecule has 0 heterocycles. The lowest BCUT2D eigenvalue weighted by atomic mass is 10.2. The first-order valence-electron chi connectivity index (χ1n) is 8.91. The minimum absolute atomic E-state index is 0.295. The van der Waals surface area contributed by atoms with Gasteiger partial charge in [0.2, 0.25) is 0 Å². The fourth-order valence-corrected chi connectivity index (χ4v) is 2.51. The van der Waals surface area contributed by atoms with E-state index in [0.717, 1.165) is 5.69 Å². The maximum Gasteiger partial charge on any atom is 0.339 e. The maximum atomic E-state index is 12.5. The van der Waals surface area contributed by atoms with Crippen LogP contribution in [0.4, 0.5) is 5.69 Å². The molecule has 2 rings (SSSR count). The Morgan fingerprint density at radius 1 is 0.963 bits per heavy atom. The predicted octanol–water partition coefficient (Wildman–Crippen LogP) is 3.69. The summed E-state index contributed by atoms with van der Waals surface area (Å²) in [5.74, 6) is 0.116. The fourth-order valence-electron chi connectivity index (χ4n) is 2.51. The van der Waals surface area contributed by atoms with Crippen LogP contribution in [0.25, 0.3) is 0 Å². The van der Waals surface area contributed by atoms with E-state index in [0.29, 0.717) is 30.3 Å². The summed E-state index contributed by atoms with van der Waals surface area (Å²) in [5, 5.41) is 0. The predicted molar refractivity (Wildman–Crippen MR) is 104 cm³/mol. The largest absolute Gasteiger partial charge is 0.490 e. The summed E-state index contributed by atoms with van der Waals surface area (Å²) >= 11 is 0. The average molecular weight is 371 g/mol. The highest BCUT2D eigenvalue weighted by molar-refractivity contribution is 5.98. The number of carbonyl (C=O) groups excluding carboxylic acids is 2. The molecular formula is C21H25NO5. The van der Waals surface area contributed by atoms with Crippen LogP contribution < -0.4 is 14.4 Å². The Labute approximate surface area is 159 Å². The third-order valence-corrected chi connectivity index (χ3v) is 3.88. The number of carbonyl (C=O) groups is 2. The molecule has 6 heteroatoms. The second-order valence-electron chi connectivity index (χ2n) is 5.81. The van der Waals surface area contributed by atoms with Crippen LogP contribution >= 0.6 is 0 Å². The van der Waals surface area contributed by atoms with Gasteiger partial charge in [0, 0.05) is 12.7 Å². The first-order chi connectivity index (χ1) is 13.0. The molecule has 0 bridgehead atoms. The van der Waals surface area contributed by atoms with Gasteiger partial charge in [-0.1, -0.05) is 18.2 Å². The number of likely N-dealkylation sites (N-methyl/N-ethyl adjacent to an activating group) is 1. The van der Waals surface area contributed by atoms with Crippen molar-refractivity contribution in [2.75, 3.05) is 25.2 Å². The van der Waals surface area contributed by atoms with Gasteiger partial charge in [-0.2, -0.15) is 0 Å². The van der Waals surface area contributed by atoms with Gasteiger partial charge in [0.15, 0.2) is 17.6 Å². The van der Waals surface area contributed by atoms with E-state index in [1.165, 1.54) is 4.90 Å². The second kappa shape index (κ2) is 9.62. The molecular weight excluding hydrogens is 346 g/mol. The molecule has 6 nitrogen and oxygen atoms in total. The Kier molecular flexibility index (Phi) is 7.23. The molecule has 0 spiro atoms. The Hall–Kier alpha value is -3.02. The van der Waals surface area contributed by atoms with E-state index in [4.69, 9.17) is 14.2 Å². The van der Waals surface area contributed by atoms with Gasteiger partial charge in [-0.25, -0.2) is 4.79 Å². The third-order valence-electron chi connectivity index (χ3n) is 3.88. The third kappa shape index (κ3) is 5.23. The molecule has 0 radical (unpaired) electrons. The first-order valence-corrected chi connectivity index (χ1v) is 8.91. The highest BCUT2D eigenvalue weighted by Gasteiger charge is 2.23. The van der Waals surface area contributed by atoms with Crippen molar-refractivity contribution < 1.29 is 23.8 Å². The van der Waals surface area contributed by atoms with Gasteiger partial charge in [0.05, 0.1) is 18.8 Å². The van der Waals surface area contributed by atoms with E-state index in [1.807, 2.05) is 44.2 Å². The summed E-state index contributed by atoms with van der Waals surface area (Å²) < 4.78 is 16.4. The number of ether oxygens (including phenoxy) is 3. The minimum atomic E-state index is -0.926. The molecule has 0 aliphatic carbocycles. The van der Waals surface area contributed by atoms with Crippen LogP contribution in [-0.4, -0.2) is 38.2 Å². The summed E-state index contributed by atoms with van der Waals surface area (Å²) in [6, 6.07) is 14.0. The zero-order chi connectivity index (χ0) is 19.8. The molecule has 1 unspecified atom stereocenters. The Balaban J connectivity index is 2.09. The summed E-state index contributed by atoms with van der Waals surface area (Å²) in [6.07, 6.45) is -0.926. The van der Waals surface area contributed by atoms with Crippen LogP contribution in [0.15, 0.2) is 48.5 Å². The Bertz CT molecular complexity index is 775. The van der Waals surface area contributed by atoms with Gasteiger partial charge >= 0.3 is 5.97 Å². The average Bonchev–Trinajstić information content (AvgIpc) is 2.69. The normalized spacial score (nSPS) is 11.4. The molecule has 27 heavy (non-hydrogen) atoms. The van der Waals surface area contributed by atoms with Crippen molar-refractivity contribution in [3.63, 3.8) is 0 Å². The highest BCUT2D eigenvalue weighted by Crippen LogP contribution is 2.29. The summed E-state index contributed by atoms with van der Waals surface area (Å²) in [7, 11) is 1.64. The minimum Gasteiger partial charge on any atom is -0.490 e. The second-order valence-corrected chi connectivity index (χ2v) is 5.81. The van der Waals surface area contributed by atoms with Crippen molar-refractivity contribution >= 4 is 17.6 Å². The topological polar surface area (TPSA) is 65.1 Å². The highest BCUT2D eigenvalue weighted by atomic mass is 16.5. The van der Waals surface area contributed by atoms with Crippen LogP contribution in [0.2, 0.25) is 0 Å². The number of hydrogen-bond donors (Lipinski definition) is 0. The van der Waals surface area contributed by atoms with Crippen molar-refractivity contribution in [2.24, 2.45) is 0 Å². The SMILES string of the molecule is CCOc1ccc(C(=O)OC(C)C(=O)N(C)c2ccccc2)cc1OCC. The molecule has 0 fully saturated rings. The van der Waals surface area contributed by atoms with Crippen LogP contribution in [0.5, 0.6) is 11.5 Å². The number of rotatable bonds is 8. The molecule has 1 amide bonds. The summed E-state index contributed by atoms with van der Waals surface area (Å²) in [4.78, 5) is 26.4. The lowest BCUT2D eigenvalue weighted by Gasteiger charge is -2.21. The monoisotopic (exact) mass is 371 g/mol.